The van der Waals surface area contributed by atoms with Gasteiger partial charge in [0.2, 0.25) is 5.95 Å². The Labute approximate surface area is 208 Å². The van der Waals surface area contributed by atoms with E-state index in [1.807, 2.05) is 9.80 Å². The first-order valence-electron chi connectivity index (χ1n) is 11.2. The number of likely N-dealkylation sites (tertiary alicyclic amines) is 1. The second kappa shape index (κ2) is 9.89. The van der Waals surface area contributed by atoms with E-state index in [2.05, 4.69) is 34.6 Å². The van der Waals surface area contributed by atoms with E-state index in [9.17, 15) is 9.59 Å². The van der Waals surface area contributed by atoms with Crippen LogP contribution in [0.3, 0.4) is 0 Å². The monoisotopic (exact) mass is 507 g/mol. The van der Waals surface area contributed by atoms with Gasteiger partial charge in [-0.05, 0) is 17.7 Å². The number of nitrogens with one attached hydrogen (secondary N) is 1. The van der Waals surface area contributed by atoms with E-state index in [4.69, 9.17) is 28.9 Å². The Bertz CT molecular complexity index is 1090. The van der Waals surface area contributed by atoms with Crippen LogP contribution in [0.15, 0.2) is 18.2 Å². The second-order valence-corrected chi connectivity index (χ2v) is 10.1. The minimum Gasteiger partial charge on any atom is -0.364 e. The third kappa shape index (κ3) is 5.18. The van der Waals surface area contributed by atoms with Gasteiger partial charge in [0.05, 0.1) is 20.6 Å². The summed E-state index contributed by atoms with van der Waals surface area (Å²) in [5.74, 6) is 0.0854. The highest BCUT2D eigenvalue weighted by molar-refractivity contribution is 6.35. The van der Waals surface area contributed by atoms with Gasteiger partial charge in [0.25, 0.3) is 11.8 Å². The van der Waals surface area contributed by atoms with Crippen LogP contribution in [0.2, 0.25) is 10.0 Å². The van der Waals surface area contributed by atoms with Gasteiger partial charge in [-0.1, -0.05) is 29.3 Å². The molecule has 12 heteroatoms. The fourth-order valence-corrected chi connectivity index (χ4v) is 5.02. The second-order valence-electron chi connectivity index (χ2n) is 9.24. The van der Waals surface area contributed by atoms with Crippen molar-refractivity contribution in [1.29, 1.82) is 0 Å². The van der Waals surface area contributed by atoms with Gasteiger partial charge >= 0.3 is 0 Å². The molecular weight excluding hydrogens is 479 g/mol. The molecule has 2 amide bonds. The zero-order chi connectivity index (χ0) is 24.5. The van der Waals surface area contributed by atoms with E-state index in [1.54, 1.807) is 18.2 Å². The summed E-state index contributed by atoms with van der Waals surface area (Å²) in [7, 11) is 4.24. The Kier molecular flexibility index (Phi) is 7.11. The van der Waals surface area contributed by atoms with Gasteiger partial charge < -0.3 is 25.3 Å². The molecule has 0 saturated carbocycles. The Morgan fingerprint density at radius 2 is 1.91 bits per heavy atom. The lowest BCUT2D eigenvalue weighted by Gasteiger charge is -2.38. The number of carbonyl (C=O) groups is 2. The van der Waals surface area contributed by atoms with E-state index in [0.29, 0.717) is 48.7 Å². The standard InChI is InChI=1S/C22H28Cl2N8O2/c1-32(2)11-3-4-17(32)21(34)30-7-9-31(10-8-30)22-27-20(18(19(25)33)28-29-22)26-13-14-5-6-15(23)12-16(14)24/h5-6,12,17H,3-4,7-11,13H2,1-2H3,(H2-,25,26,27,29,33)/p+1/t17-/m0/s1. The number of nitrogens with zero attached hydrogens (tertiary/aromatic N) is 6. The highest BCUT2D eigenvalue weighted by Crippen LogP contribution is 2.25. The molecule has 4 rings (SSSR count). The first kappa shape index (κ1) is 24.4. The summed E-state index contributed by atoms with van der Waals surface area (Å²) in [5.41, 5.74) is 6.20. The van der Waals surface area contributed by atoms with Gasteiger partial charge in [-0.15, -0.1) is 10.2 Å². The van der Waals surface area contributed by atoms with Crippen LogP contribution in [-0.4, -0.2) is 89.2 Å². The van der Waals surface area contributed by atoms with E-state index in [1.165, 1.54) is 0 Å². The number of nitrogens with two attached hydrogens (primary N) is 1. The molecule has 1 aromatic carbocycles. The molecule has 1 atom stereocenters. The third-order valence-corrected chi connectivity index (χ3v) is 7.17. The summed E-state index contributed by atoms with van der Waals surface area (Å²) >= 11 is 12.2. The Morgan fingerprint density at radius 1 is 1.18 bits per heavy atom. The summed E-state index contributed by atoms with van der Waals surface area (Å²) in [6, 6.07) is 5.19. The predicted octanol–water partition coefficient (Wildman–Crippen LogP) is 1.78. The summed E-state index contributed by atoms with van der Waals surface area (Å²) in [6.07, 6.45) is 2.01. The van der Waals surface area contributed by atoms with Gasteiger partial charge in [-0.3, -0.25) is 9.59 Å². The van der Waals surface area contributed by atoms with Crippen molar-refractivity contribution >= 4 is 46.8 Å². The van der Waals surface area contributed by atoms with Crippen LogP contribution in [0, 0.1) is 0 Å². The Morgan fingerprint density at radius 3 is 2.53 bits per heavy atom. The summed E-state index contributed by atoms with van der Waals surface area (Å²) < 4.78 is 0.743. The maximum atomic E-state index is 13.1. The SMILES string of the molecule is C[N+]1(C)CCC[C@H]1C(=O)N1CCN(c2nnc(C(N)=O)c(NCc3ccc(Cl)cc3Cl)n2)CC1. The van der Waals surface area contributed by atoms with Crippen molar-refractivity contribution < 1.29 is 14.1 Å². The lowest BCUT2D eigenvalue weighted by atomic mass is 10.1. The zero-order valence-electron chi connectivity index (χ0n) is 19.3. The summed E-state index contributed by atoms with van der Waals surface area (Å²) in [5, 5.41) is 12.2. The lowest BCUT2D eigenvalue weighted by Crippen LogP contribution is -2.57. The maximum Gasteiger partial charge on any atom is 0.281 e. The Hall–Kier alpha value is -2.69. The number of piperazine rings is 1. The van der Waals surface area contributed by atoms with Crippen molar-refractivity contribution in [3.05, 3.63) is 39.5 Å². The number of primary amides is 1. The number of hydrogen-bond donors (Lipinski definition) is 2. The molecule has 2 fully saturated rings. The smallest absolute Gasteiger partial charge is 0.281 e. The zero-order valence-corrected chi connectivity index (χ0v) is 20.8. The van der Waals surface area contributed by atoms with Gasteiger partial charge in [-0.2, -0.15) is 4.98 Å². The molecule has 2 aromatic rings. The maximum absolute atomic E-state index is 13.1. The number of likely N-dealkylation sites (N-methyl/N-ethyl adjacent to an activating group) is 1. The van der Waals surface area contributed by atoms with Gasteiger partial charge in [-0.25, -0.2) is 0 Å². The summed E-state index contributed by atoms with van der Waals surface area (Å²) in [4.78, 5) is 33.3. The third-order valence-electron chi connectivity index (χ3n) is 6.59. The van der Waals surface area contributed by atoms with Crippen LogP contribution in [-0.2, 0) is 11.3 Å². The topological polar surface area (TPSA) is 117 Å². The van der Waals surface area contributed by atoms with Crippen LogP contribution < -0.4 is 16.0 Å². The average Bonchev–Trinajstić information content (AvgIpc) is 3.16. The molecule has 2 aliphatic heterocycles. The molecule has 34 heavy (non-hydrogen) atoms. The van der Waals surface area contributed by atoms with Crippen molar-refractivity contribution in [3.8, 4) is 0 Å². The van der Waals surface area contributed by atoms with Crippen LogP contribution in [0.25, 0.3) is 0 Å². The highest BCUT2D eigenvalue weighted by atomic mass is 35.5. The van der Waals surface area contributed by atoms with Crippen molar-refractivity contribution in [2.24, 2.45) is 5.73 Å². The van der Waals surface area contributed by atoms with Crippen molar-refractivity contribution in [1.82, 2.24) is 20.1 Å². The molecule has 0 spiro atoms. The number of aromatic nitrogens is 3. The lowest BCUT2D eigenvalue weighted by molar-refractivity contribution is -0.893. The first-order valence-corrected chi connectivity index (χ1v) is 12.0. The van der Waals surface area contributed by atoms with Crippen molar-refractivity contribution in [2.75, 3.05) is 57.0 Å². The largest absolute Gasteiger partial charge is 0.364 e. The average molecular weight is 508 g/mol. The fraction of sp³-hybridized carbons (Fsp3) is 0.500. The quantitative estimate of drug-likeness (QED) is 0.572. The first-order chi connectivity index (χ1) is 16.2. The molecule has 0 radical (unpaired) electrons. The molecular formula is C22H29Cl2N8O2+. The molecule has 10 nitrogen and oxygen atoms in total. The van der Waals surface area contributed by atoms with Crippen molar-refractivity contribution in [2.45, 2.75) is 25.4 Å². The number of benzene rings is 1. The van der Waals surface area contributed by atoms with E-state index >= 15 is 0 Å². The molecule has 182 valence electrons. The van der Waals surface area contributed by atoms with Crippen LogP contribution >= 0.6 is 23.2 Å². The molecule has 1 aromatic heterocycles. The number of halogens is 2. The molecule has 2 saturated heterocycles. The molecule has 0 aliphatic carbocycles. The predicted molar refractivity (Wildman–Crippen MR) is 131 cm³/mol. The van der Waals surface area contributed by atoms with Crippen LogP contribution in [0.4, 0.5) is 11.8 Å². The normalized spacial score (nSPS) is 19.8. The van der Waals surface area contributed by atoms with Gasteiger partial charge in [0.1, 0.15) is 0 Å². The van der Waals surface area contributed by atoms with Crippen molar-refractivity contribution in [3.63, 3.8) is 0 Å². The fourth-order valence-electron chi connectivity index (χ4n) is 4.54. The molecule has 0 bridgehead atoms. The van der Waals surface area contributed by atoms with Crippen LogP contribution in [0.5, 0.6) is 0 Å². The number of carbonyl (C=O) groups excluding carboxylic acids is 2. The Balaban J connectivity index is 1.44. The molecule has 3 heterocycles. The number of rotatable bonds is 6. The number of hydrogen-bond acceptors (Lipinski definition) is 7. The minimum atomic E-state index is -0.732. The van der Waals surface area contributed by atoms with E-state index in [-0.39, 0.29) is 23.5 Å². The molecule has 3 N–H and O–H groups in total. The minimum absolute atomic E-state index is 0.0230. The number of amides is 2. The number of quaternary nitrogens is 1. The highest BCUT2D eigenvalue weighted by Gasteiger charge is 2.42. The molecule has 0 unspecified atom stereocenters. The molecule has 2 aliphatic rings. The summed E-state index contributed by atoms with van der Waals surface area (Å²) in [6.45, 7) is 3.64. The number of anilines is 2. The van der Waals surface area contributed by atoms with Crippen LogP contribution in [0.1, 0.15) is 28.9 Å². The van der Waals surface area contributed by atoms with Gasteiger partial charge in [0.15, 0.2) is 17.6 Å². The van der Waals surface area contributed by atoms with Gasteiger partial charge in [0, 0.05) is 55.6 Å². The van der Waals surface area contributed by atoms with E-state index < -0.39 is 5.91 Å². The van der Waals surface area contributed by atoms with E-state index in [0.717, 1.165) is 29.4 Å².